The highest BCUT2D eigenvalue weighted by Crippen LogP contribution is 2.37. The Labute approximate surface area is 184 Å². The molecule has 7 heteroatoms. The minimum Gasteiger partial charge on any atom is -0.486 e. The number of hydrogen-bond donors (Lipinski definition) is 1. The number of rotatable bonds is 4. The van der Waals surface area contributed by atoms with E-state index in [0.717, 1.165) is 4.47 Å². The summed E-state index contributed by atoms with van der Waals surface area (Å²) in [6, 6.07) is 17.4. The average Bonchev–Trinajstić information content (AvgIpc) is 2.73. The Morgan fingerprint density at radius 1 is 0.828 bits per heavy atom. The van der Waals surface area contributed by atoms with Crippen LogP contribution in [0.1, 0.15) is 26.3 Å². The van der Waals surface area contributed by atoms with Gasteiger partial charge in [0.25, 0.3) is 5.91 Å². The molecule has 0 spiro atoms. The second kappa shape index (κ2) is 8.39. The first-order chi connectivity index (χ1) is 14.0. The SMILES string of the molecule is O=C(Nc1cc2c(cc1C(=O)c1ccccc1Br)OCCO2)c1ccc(Br)cc1. The summed E-state index contributed by atoms with van der Waals surface area (Å²) >= 11 is 6.77. The van der Waals surface area contributed by atoms with E-state index in [1.807, 2.05) is 6.07 Å². The van der Waals surface area contributed by atoms with Gasteiger partial charge in [-0.1, -0.05) is 44.0 Å². The molecule has 4 rings (SSSR count). The van der Waals surface area contributed by atoms with Gasteiger partial charge in [-0.05, 0) is 42.5 Å². The molecule has 0 bridgehead atoms. The summed E-state index contributed by atoms with van der Waals surface area (Å²) in [6.45, 7) is 0.810. The van der Waals surface area contributed by atoms with Gasteiger partial charge in [0.05, 0.1) is 11.3 Å². The predicted molar refractivity (Wildman–Crippen MR) is 117 cm³/mol. The molecule has 1 N–H and O–H groups in total. The van der Waals surface area contributed by atoms with Gasteiger partial charge in [0.2, 0.25) is 0 Å². The van der Waals surface area contributed by atoms with Crippen molar-refractivity contribution in [2.24, 2.45) is 0 Å². The van der Waals surface area contributed by atoms with Gasteiger partial charge in [0, 0.05) is 26.1 Å². The number of carbonyl (C=O) groups is 2. The number of ether oxygens (including phenoxy) is 2. The van der Waals surface area contributed by atoms with E-state index >= 15 is 0 Å². The van der Waals surface area contributed by atoms with E-state index in [4.69, 9.17) is 9.47 Å². The van der Waals surface area contributed by atoms with Crippen LogP contribution in [-0.4, -0.2) is 24.9 Å². The van der Waals surface area contributed by atoms with Crippen LogP contribution >= 0.6 is 31.9 Å². The molecule has 3 aromatic carbocycles. The van der Waals surface area contributed by atoms with E-state index in [1.54, 1.807) is 54.6 Å². The molecule has 0 saturated heterocycles. The van der Waals surface area contributed by atoms with E-state index in [-0.39, 0.29) is 11.7 Å². The fourth-order valence-corrected chi connectivity index (χ4v) is 3.70. The second-order valence-corrected chi connectivity index (χ2v) is 8.08. The van der Waals surface area contributed by atoms with Gasteiger partial charge in [-0.15, -0.1) is 0 Å². The van der Waals surface area contributed by atoms with Gasteiger partial charge in [0.15, 0.2) is 17.3 Å². The molecule has 1 aliphatic rings. The standard InChI is InChI=1S/C22H15Br2NO4/c23-14-7-5-13(6-8-14)22(27)25-18-12-20-19(28-9-10-29-20)11-16(18)21(26)15-3-1-2-4-17(15)24/h1-8,11-12H,9-10H2,(H,25,27). The molecule has 1 heterocycles. The number of ketones is 1. The largest absolute Gasteiger partial charge is 0.486 e. The minimum absolute atomic E-state index is 0.236. The molecule has 3 aromatic rings. The lowest BCUT2D eigenvalue weighted by Gasteiger charge is -2.21. The molecular formula is C22H15Br2NO4. The summed E-state index contributed by atoms with van der Waals surface area (Å²) in [6.07, 6.45) is 0. The van der Waals surface area contributed by atoms with Crippen LogP contribution in [0.15, 0.2) is 69.6 Å². The number of nitrogens with one attached hydrogen (secondary N) is 1. The summed E-state index contributed by atoms with van der Waals surface area (Å²) in [5.74, 6) is 0.412. The van der Waals surface area contributed by atoms with Crippen molar-refractivity contribution in [2.75, 3.05) is 18.5 Å². The highest BCUT2D eigenvalue weighted by Gasteiger charge is 2.23. The number of amides is 1. The normalized spacial score (nSPS) is 12.3. The number of benzene rings is 3. The fraction of sp³-hybridized carbons (Fsp3) is 0.0909. The van der Waals surface area contributed by atoms with Crippen molar-refractivity contribution >= 4 is 49.2 Å². The van der Waals surface area contributed by atoms with Gasteiger partial charge in [-0.3, -0.25) is 9.59 Å². The number of hydrogen-bond acceptors (Lipinski definition) is 4. The first-order valence-electron chi connectivity index (χ1n) is 8.83. The Hall–Kier alpha value is -2.64. The van der Waals surface area contributed by atoms with E-state index in [9.17, 15) is 9.59 Å². The Morgan fingerprint density at radius 3 is 2.17 bits per heavy atom. The lowest BCUT2D eigenvalue weighted by molar-refractivity contribution is 0.102. The van der Waals surface area contributed by atoms with Crippen molar-refractivity contribution in [2.45, 2.75) is 0 Å². The van der Waals surface area contributed by atoms with Crippen molar-refractivity contribution in [3.8, 4) is 11.5 Å². The fourth-order valence-electron chi connectivity index (χ4n) is 2.97. The Kier molecular flexibility index (Phi) is 5.69. The summed E-state index contributed by atoms with van der Waals surface area (Å²) in [5.41, 5.74) is 1.65. The van der Waals surface area contributed by atoms with Crippen LogP contribution in [0.3, 0.4) is 0 Å². The quantitative estimate of drug-likeness (QED) is 0.467. The minimum atomic E-state index is -0.324. The van der Waals surface area contributed by atoms with Gasteiger partial charge in [-0.2, -0.15) is 0 Å². The van der Waals surface area contributed by atoms with Crippen LogP contribution in [0.2, 0.25) is 0 Å². The van der Waals surface area contributed by atoms with Gasteiger partial charge in [-0.25, -0.2) is 0 Å². The lowest BCUT2D eigenvalue weighted by atomic mass is 10.0. The van der Waals surface area contributed by atoms with Crippen molar-refractivity contribution in [1.29, 1.82) is 0 Å². The van der Waals surface area contributed by atoms with Crippen LogP contribution in [0.5, 0.6) is 11.5 Å². The summed E-state index contributed by atoms with van der Waals surface area (Å²) in [7, 11) is 0. The van der Waals surface area contributed by atoms with Gasteiger partial charge in [0.1, 0.15) is 13.2 Å². The molecule has 5 nitrogen and oxygen atoms in total. The number of anilines is 1. The van der Waals surface area contributed by atoms with Crippen LogP contribution in [-0.2, 0) is 0 Å². The predicted octanol–water partition coefficient (Wildman–Crippen LogP) is 5.47. The number of carbonyl (C=O) groups excluding carboxylic acids is 2. The number of fused-ring (bicyclic) bond motifs is 1. The van der Waals surface area contributed by atoms with Crippen molar-refractivity contribution in [3.05, 3.63) is 86.3 Å². The van der Waals surface area contributed by atoms with Gasteiger partial charge < -0.3 is 14.8 Å². The maximum atomic E-state index is 13.3. The third-order valence-electron chi connectivity index (χ3n) is 4.40. The maximum Gasteiger partial charge on any atom is 0.255 e. The monoisotopic (exact) mass is 515 g/mol. The molecule has 0 radical (unpaired) electrons. The first kappa shape index (κ1) is 19.7. The van der Waals surface area contributed by atoms with Crippen molar-refractivity contribution in [3.63, 3.8) is 0 Å². The summed E-state index contributed by atoms with van der Waals surface area (Å²) < 4.78 is 12.8. The molecular weight excluding hydrogens is 502 g/mol. The smallest absolute Gasteiger partial charge is 0.255 e. The molecule has 0 unspecified atom stereocenters. The Bertz CT molecular complexity index is 1100. The van der Waals surface area contributed by atoms with Crippen LogP contribution < -0.4 is 14.8 Å². The zero-order chi connectivity index (χ0) is 20.4. The second-order valence-electron chi connectivity index (χ2n) is 6.31. The summed E-state index contributed by atoms with van der Waals surface area (Å²) in [5, 5.41) is 2.84. The van der Waals surface area contributed by atoms with E-state index in [1.165, 1.54) is 0 Å². The molecule has 0 fully saturated rings. The lowest BCUT2D eigenvalue weighted by Crippen LogP contribution is -2.19. The summed E-state index contributed by atoms with van der Waals surface area (Å²) in [4.78, 5) is 26.0. The third kappa shape index (κ3) is 4.21. The molecule has 0 aliphatic carbocycles. The molecule has 29 heavy (non-hydrogen) atoms. The van der Waals surface area contributed by atoms with E-state index in [0.29, 0.717) is 51.6 Å². The molecule has 146 valence electrons. The average molecular weight is 517 g/mol. The Balaban J connectivity index is 1.75. The molecule has 0 atom stereocenters. The maximum absolute atomic E-state index is 13.3. The highest BCUT2D eigenvalue weighted by atomic mass is 79.9. The van der Waals surface area contributed by atoms with Crippen LogP contribution in [0.4, 0.5) is 5.69 Å². The van der Waals surface area contributed by atoms with Crippen LogP contribution in [0, 0.1) is 0 Å². The zero-order valence-corrected chi connectivity index (χ0v) is 18.2. The van der Waals surface area contributed by atoms with E-state index in [2.05, 4.69) is 37.2 Å². The van der Waals surface area contributed by atoms with Crippen molar-refractivity contribution < 1.29 is 19.1 Å². The third-order valence-corrected chi connectivity index (χ3v) is 5.62. The van der Waals surface area contributed by atoms with Crippen molar-refractivity contribution in [1.82, 2.24) is 0 Å². The zero-order valence-electron chi connectivity index (χ0n) is 15.1. The number of halogens is 2. The molecule has 0 saturated carbocycles. The first-order valence-corrected chi connectivity index (χ1v) is 10.4. The topological polar surface area (TPSA) is 64.6 Å². The molecule has 1 aliphatic heterocycles. The molecule has 0 aromatic heterocycles. The highest BCUT2D eigenvalue weighted by molar-refractivity contribution is 9.10. The van der Waals surface area contributed by atoms with Gasteiger partial charge >= 0.3 is 0 Å². The molecule has 1 amide bonds. The van der Waals surface area contributed by atoms with Crippen LogP contribution in [0.25, 0.3) is 0 Å². The van der Waals surface area contributed by atoms with E-state index < -0.39 is 0 Å². The Morgan fingerprint density at radius 2 is 1.48 bits per heavy atom.